The SMILES string of the molecule is CN1C(=O)C(=O)N(C)C1=O. The lowest BCUT2D eigenvalue weighted by Crippen LogP contribution is -2.27. The van der Waals surface area contributed by atoms with Gasteiger partial charge in [-0.05, 0) is 0 Å². The Bertz CT molecular complexity index is 201. The molecule has 0 aromatic carbocycles. The van der Waals surface area contributed by atoms with Crippen molar-refractivity contribution < 1.29 is 14.4 Å². The summed E-state index contributed by atoms with van der Waals surface area (Å²) >= 11 is 0. The predicted octanol–water partition coefficient (Wildman–Crippen LogP) is -0.963. The number of carbonyl (C=O) groups excluding carboxylic acids is 3. The molecule has 1 heterocycles. The Kier molecular flexibility index (Phi) is 1.21. The fourth-order valence-electron chi connectivity index (χ4n) is 0.686. The second-order valence-electron chi connectivity index (χ2n) is 2.01. The third kappa shape index (κ3) is 0.601. The van der Waals surface area contributed by atoms with E-state index in [2.05, 4.69) is 0 Å². The van der Waals surface area contributed by atoms with Crippen molar-refractivity contribution in [1.82, 2.24) is 9.80 Å². The molecule has 0 atom stereocenters. The summed E-state index contributed by atoms with van der Waals surface area (Å²) in [7, 11) is 2.54. The van der Waals surface area contributed by atoms with Gasteiger partial charge in [0.2, 0.25) is 0 Å². The zero-order valence-electron chi connectivity index (χ0n) is 5.62. The van der Waals surface area contributed by atoms with E-state index < -0.39 is 17.8 Å². The number of imide groups is 2. The van der Waals surface area contributed by atoms with Gasteiger partial charge in [0.05, 0.1) is 0 Å². The Balaban J connectivity index is 3.00. The number of amides is 4. The number of nitrogens with zero attached hydrogens (tertiary/aromatic N) is 2. The van der Waals surface area contributed by atoms with Crippen molar-refractivity contribution in [3.05, 3.63) is 0 Å². The topological polar surface area (TPSA) is 57.7 Å². The molecule has 1 saturated heterocycles. The molecule has 54 valence electrons. The summed E-state index contributed by atoms with van der Waals surface area (Å²) in [5.74, 6) is -1.54. The summed E-state index contributed by atoms with van der Waals surface area (Å²) in [6.45, 7) is 0. The highest BCUT2D eigenvalue weighted by atomic mass is 16.2. The second-order valence-corrected chi connectivity index (χ2v) is 2.01. The molecular formula is C5H6N2O3. The number of likely N-dealkylation sites (N-methyl/N-ethyl adjacent to an activating group) is 2. The zero-order chi connectivity index (χ0) is 7.89. The van der Waals surface area contributed by atoms with Crippen LogP contribution in [0.3, 0.4) is 0 Å². The minimum absolute atomic E-state index is 0.574. The Labute approximate surface area is 57.2 Å². The molecule has 5 nitrogen and oxygen atoms in total. The Morgan fingerprint density at radius 2 is 1.20 bits per heavy atom. The van der Waals surface area contributed by atoms with E-state index in [4.69, 9.17) is 0 Å². The molecule has 10 heavy (non-hydrogen) atoms. The smallest absolute Gasteiger partial charge is 0.263 e. The quantitative estimate of drug-likeness (QED) is 0.323. The molecule has 5 heteroatoms. The Hall–Kier alpha value is -1.39. The van der Waals surface area contributed by atoms with E-state index in [1.165, 1.54) is 14.1 Å². The largest absolute Gasteiger partial charge is 0.333 e. The van der Waals surface area contributed by atoms with Crippen LogP contribution in [0.5, 0.6) is 0 Å². The standard InChI is InChI=1S/C5H6N2O3/c1-6-3(8)4(9)7(2)5(6)10/h1-2H3. The molecule has 1 aliphatic rings. The minimum Gasteiger partial charge on any atom is -0.263 e. The number of hydrogen-bond acceptors (Lipinski definition) is 3. The van der Waals surface area contributed by atoms with Crippen LogP contribution in [-0.2, 0) is 9.59 Å². The van der Waals surface area contributed by atoms with Crippen molar-refractivity contribution in [3.8, 4) is 0 Å². The van der Waals surface area contributed by atoms with Gasteiger partial charge in [0, 0.05) is 14.1 Å². The molecule has 4 amide bonds. The summed E-state index contributed by atoms with van der Waals surface area (Å²) in [6.07, 6.45) is 0. The lowest BCUT2D eigenvalue weighted by atomic mass is 10.6. The fourth-order valence-corrected chi connectivity index (χ4v) is 0.686. The first kappa shape index (κ1) is 6.73. The molecular weight excluding hydrogens is 136 g/mol. The van der Waals surface area contributed by atoms with Crippen LogP contribution in [0.25, 0.3) is 0 Å². The maximum Gasteiger partial charge on any atom is 0.333 e. The highest BCUT2D eigenvalue weighted by molar-refractivity contribution is 6.44. The van der Waals surface area contributed by atoms with Gasteiger partial charge in [-0.1, -0.05) is 0 Å². The van der Waals surface area contributed by atoms with Gasteiger partial charge in [0.15, 0.2) is 0 Å². The van der Waals surface area contributed by atoms with Crippen LogP contribution in [0.4, 0.5) is 4.79 Å². The highest BCUT2D eigenvalue weighted by Crippen LogP contribution is 2.05. The molecule has 0 aromatic rings. The van der Waals surface area contributed by atoms with Crippen LogP contribution in [0.1, 0.15) is 0 Å². The molecule has 0 saturated carbocycles. The normalized spacial score (nSPS) is 19.2. The molecule has 0 aliphatic carbocycles. The molecule has 1 fully saturated rings. The Morgan fingerprint density at radius 3 is 1.30 bits per heavy atom. The van der Waals surface area contributed by atoms with Crippen LogP contribution < -0.4 is 0 Å². The number of hydrogen-bond donors (Lipinski definition) is 0. The van der Waals surface area contributed by atoms with Crippen molar-refractivity contribution in [2.75, 3.05) is 14.1 Å². The van der Waals surface area contributed by atoms with Crippen LogP contribution >= 0.6 is 0 Å². The van der Waals surface area contributed by atoms with Crippen LogP contribution in [-0.4, -0.2) is 41.7 Å². The van der Waals surface area contributed by atoms with Gasteiger partial charge in [-0.2, -0.15) is 0 Å². The first-order valence-corrected chi connectivity index (χ1v) is 2.65. The van der Waals surface area contributed by atoms with Crippen molar-refractivity contribution in [2.24, 2.45) is 0 Å². The van der Waals surface area contributed by atoms with E-state index in [-0.39, 0.29) is 0 Å². The Morgan fingerprint density at radius 1 is 0.900 bits per heavy atom. The molecule has 0 N–H and O–H groups in total. The van der Waals surface area contributed by atoms with Gasteiger partial charge >= 0.3 is 17.8 Å². The second kappa shape index (κ2) is 1.80. The lowest BCUT2D eigenvalue weighted by Gasteiger charge is -2.03. The molecule has 0 spiro atoms. The van der Waals surface area contributed by atoms with Crippen molar-refractivity contribution in [1.29, 1.82) is 0 Å². The van der Waals surface area contributed by atoms with Crippen molar-refractivity contribution in [2.45, 2.75) is 0 Å². The molecule has 0 aromatic heterocycles. The number of urea groups is 1. The third-order valence-electron chi connectivity index (χ3n) is 1.37. The average Bonchev–Trinajstić information content (AvgIpc) is 2.07. The van der Waals surface area contributed by atoms with E-state index in [0.29, 0.717) is 0 Å². The van der Waals surface area contributed by atoms with Gasteiger partial charge in [-0.15, -0.1) is 0 Å². The van der Waals surface area contributed by atoms with E-state index in [1.807, 2.05) is 0 Å². The highest BCUT2D eigenvalue weighted by Gasteiger charge is 2.39. The molecule has 1 rings (SSSR count). The van der Waals surface area contributed by atoms with Crippen LogP contribution in [0.15, 0.2) is 0 Å². The van der Waals surface area contributed by atoms with Gasteiger partial charge in [-0.3, -0.25) is 19.4 Å². The van der Waals surface area contributed by atoms with E-state index >= 15 is 0 Å². The predicted molar refractivity (Wildman–Crippen MR) is 30.9 cm³/mol. The third-order valence-corrected chi connectivity index (χ3v) is 1.37. The summed E-state index contributed by atoms with van der Waals surface area (Å²) in [5.41, 5.74) is 0. The summed E-state index contributed by atoms with van der Waals surface area (Å²) in [4.78, 5) is 33.6. The van der Waals surface area contributed by atoms with Crippen LogP contribution in [0.2, 0.25) is 0 Å². The maximum atomic E-state index is 10.7. The van der Waals surface area contributed by atoms with E-state index in [0.717, 1.165) is 9.80 Å². The monoisotopic (exact) mass is 142 g/mol. The van der Waals surface area contributed by atoms with E-state index in [9.17, 15) is 14.4 Å². The number of rotatable bonds is 0. The van der Waals surface area contributed by atoms with Crippen LogP contribution in [0, 0.1) is 0 Å². The summed E-state index contributed by atoms with van der Waals surface area (Å²) in [6, 6.07) is -0.574. The van der Waals surface area contributed by atoms with Gasteiger partial charge < -0.3 is 0 Å². The van der Waals surface area contributed by atoms with Crippen molar-refractivity contribution >= 4 is 17.8 Å². The van der Waals surface area contributed by atoms with Crippen molar-refractivity contribution in [3.63, 3.8) is 0 Å². The number of carbonyl (C=O) groups is 3. The zero-order valence-corrected chi connectivity index (χ0v) is 5.62. The fraction of sp³-hybridized carbons (Fsp3) is 0.400. The maximum absolute atomic E-state index is 10.7. The first-order chi connectivity index (χ1) is 4.55. The molecule has 0 unspecified atom stereocenters. The average molecular weight is 142 g/mol. The summed E-state index contributed by atoms with van der Waals surface area (Å²) < 4.78 is 0. The van der Waals surface area contributed by atoms with Gasteiger partial charge in [0.1, 0.15) is 0 Å². The minimum atomic E-state index is -0.771. The molecule has 0 bridgehead atoms. The van der Waals surface area contributed by atoms with Gasteiger partial charge in [-0.25, -0.2) is 4.79 Å². The first-order valence-electron chi connectivity index (χ1n) is 2.65. The molecule has 0 radical (unpaired) electrons. The van der Waals surface area contributed by atoms with Gasteiger partial charge in [0.25, 0.3) is 0 Å². The lowest BCUT2D eigenvalue weighted by molar-refractivity contribution is -0.142. The molecule has 1 aliphatic heterocycles. The summed E-state index contributed by atoms with van der Waals surface area (Å²) in [5, 5.41) is 0. The van der Waals surface area contributed by atoms with E-state index in [1.54, 1.807) is 0 Å².